The second kappa shape index (κ2) is 7.09. The van der Waals surface area contributed by atoms with E-state index in [4.69, 9.17) is 4.74 Å². The molecule has 3 heteroatoms. The van der Waals surface area contributed by atoms with Crippen molar-refractivity contribution in [3.05, 3.63) is 29.8 Å². The van der Waals surface area contributed by atoms with Gasteiger partial charge in [-0.15, -0.1) is 0 Å². The molecule has 0 atom stereocenters. The first-order valence-corrected chi connectivity index (χ1v) is 7.76. The number of hydrogen-bond acceptors (Lipinski definition) is 3. The van der Waals surface area contributed by atoms with E-state index in [0.29, 0.717) is 13.2 Å². The lowest BCUT2D eigenvalue weighted by atomic mass is 9.77. The maximum atomic E-state index is 9.58. The van der Waals surface area contributed by atoms with Crippen LogP contribution in [0.1, 0.15) is 38.7 Å². The number of rotatable bonds is 6. The standard InChI is InChI=1S/C17H27NO2/c1-3-17(14-19)8-10-18(11-9-17)13-15-6-5-7-16(12-15)20-4-2/h5-7,12,19H,3-4,8-11,13-14H2,1-2H3. The van der Waals surface area contributed by atoms with Crippen LogP contribution in [0.25, 0.3) is 0 Å². The van der Waals surface area contributed by atoms with Crippen molar-refractivity contribution in [2.24, 2.45) is 5.41 Å². The van der Waals surface area contributed by atoms with Crippen LogP contribution in [0.4, 0.5) is 0 Å². The van der Waals surface area contributed by atoms with Crippen LogP contribution in [0.2, 0.25) is 0 Å². The molecule has 1 aromatic rings. The Kier molecular flexibility index (Phi) is 5.44. The van der Waals surface area contributed by atoms with E-state index in [1.54, 1.807) is 0 Å². The van der Waals surface area contributed by atoms with E-state index in [1.165, 1.54) is 5.56 Å². The van der Waals surface area contributed by atoms with Gasteiger partial charge in [-0.05, 0) is 62.4 Å². The predicted octanol–water partition coefficient (Wildman–Crippen LogP) is 3.07. The molecule has 20 heavy (non-hydrogen) atoms. The van der Waals surface area contributed by atoms with Crippen LogP contribution >= 0.6 is 0 Å². The Bertz CT molecular complexity index is 405. The molecule has 1 saturated heterocycles. The third-order valence-electron chi connectivity index (χ3n) is 4.62. The van der Waals surface area contributed by atoms with Crippen molar-refractivity contribution in [2.75, 3.05) is 26.3 Å². The maximum absolute atomic E-state index is 9.58. The fourth-order valence-electron chi connectivity index (χ4n) is 2.97. The number of benzene rings is 1. The highest BCUT2D eigenvalue weighted by Gasteiger charge is 2.32. The second-order valence-electron chi connectivity index (χ2n) is 5.87. The zero-order valence-corrected chi connectivity index (χ0v) is 12.8. The molecule has 1 N–H and O–H groups in total. The van der Waals surface area contributed by atoms with E-state index < -0.39 is 0 Å². The number of aliphatic hydroxyl groups excluding tert-OH is 1. The predicted molar refractivity (Wildman–Crippen MR) is 81.9 cm³/mol. The first-order chi connectivity index (χ1) is 9.71. The van der Waals surface area contributed by atoms with Gasteiger partial charge in [-0.2, -0.15) is 0 Å². The molecule has 0 amide bonds. The summed E-state index contributed by atoms with van der Waals surface area (Å²) < 4.78 is 5.55. The Morgan fingerprint density at radius 2 is 2.00 bits per heavy atom. The van der Waals surface area contributed by atoms with Crippen LogP contribution in [0.15, 0.2) is 24.3 Å². The minimum atomic E-state index is 0.170. The van der Waals surface area contributed by atoms with Gasteiger partial charge in [0, 0.05) is 13.2 Å². The van der Waals surface area contributed by atoms with Crippen molar-refractivity contribution in [2.45, 2.75) is 39.7 Å². The molecule has 1 heterocycles. The molecular weight excluding hydrogens is 250 g/mol. The highest BCUT2D eigenvalue weighted by molar-refractivity contribution is 5.28. The van der Waals surface area contributed by atoms with Crippen LogP contribution in [0, 0.1) is 5.41 Å². The molecule has 1 aliphatic heterocycles. The molecule has 0 aromatic heterocycles. The van der Waals surface area contributed by atoms with Gasteiger partial charge in [0.15, 0.2) is 0 Å². The van der Waals surface area contributed by atoms with Crippen LogP contribution in [-0.2, 0) is 6.54 Å². The molecule has 112 valence electrons. The SMILES string of the molecule is CCOc1cccc(CN2CCC(CC)(CO)CC2)c1. The van der Waals surface area contributed by atoms with Crippen LogP contribution in [-0.4, -0.2) is 36.3 Å². The fraction of sp³-hybridized carbons (Fsp3) is 0.647. The van der Waals surface area contributed by atoms with Gasteiger partial charge in [-0.3, -0.25) is 4.90 Å². The smallest absolute Gasteiger partial charge is 0.119 e. The number of hydrogen-bond donors (Lipinski definition) is 1. The molecule has 0 bridgehead atoms. The van der Waals surface area contributed by atoms with Gasteiger partial charge in [0.2, 0.25) is 0 Å². The zero-order valence-electron chi connectivity index (χ0n) is 12.8. The minimum Gasteiger partial charge on any atom is -0.494 e. The number of nitrogens with zero attached hydrogens (tertiary/aromatic N) is 1. The van der Waals surface area contributed by atoms with Gasteiger partial charge in [-0.1, -0.05) is 19.1 Å². The van der Waals surface area contributed by atoms with Gasteiger partial charge in [0.05, 0.1) is 6.61 Å². The summed E-state index contributed by atoms with van der Waals surface area (Å²) in [6, 6.07) is 8.37. The average Bonchev–Trinajstić information content (AvgIpc) is 2.49. The van der Waals surface area contributed by atoms with Crippen molar-refractivity contribution in [1.29, 1.82) is 0 Å². The zero-order chi connectivity index (χ0) is 14.4. The Morgan fingerprint density at radius 1 is 1.25 bits per heavy atom. The lowest BCUT2D eigenvalue weighted by Gasteiger charge is -2.40. The minimum absolute atomic E-state index is 0.170. The Morgan fingerprint density at radius 3 is 2.60 bits per heavy atom. The largest absolute Gasteiger partial charge is 0.494 e. The number of likely N-dealkylation sites (tertiary alicyclic amines) is 1. The van der Waals surface area contributed by atoms with Crippen LogP contribution < -0.4 is 4.74 Å². The lowest BCUT2D eigenvalue weighted by molar-refractivity contribution is 0.0382. The van der Waals surface area contributed by atoms with E-state index in [0.717, 1.165) is 44.6 Å². The molecule has 0 spiro atoms. The molecule has 0 saturated carbocycles. The normalized spacial score (nSPS) is 18.9. The van der Waals surface area contributed by atoms with E-state index in [2.05, 4.69) is 30.0 Å². The molecular formula is C17H27NO2. The second-order valence-corrected chi connectivity index (χ2v) is 5.87. The first kappa shape index (κ1) is 15.3. The van der Waals surface area contributed by atoms with Crippen molar-refractivity contribution < 1.29 is 9.84 Å². The molecule has 0 radical (unpaired) electrons. The quantitative estimate of drug-likeness (QED) is 0.867. The van der Waals surface area contributed by atoms with E-state index in [1.807, 2.05) is 13.0 Å². The maximum Gasteiger partial charge on any atom is 0.119 e. The topological polar surface area (TPSA) is 32.7 Å². The van der Waals surface area contributed by atoms with Crippen LogP contribution in [0.3, 0.4) is 0 Å². The van der Waals surface area contributed by atoms with Gasteiger partial charge in [0.1, 0.15) is 5.75 Å². The molecule has 0 aliphatic carbocycles. The fourth-order valence-corrected chi connectivity index (χ4v) is 2.97. The van der Waals surface area contributed by atoms with Gasteiger partial charge in [0.25, 0.3) is 0 Å². The third-order valence-corrected chi connectivity index (χ3v) is 4.62. The highest BCUT2D eigenvalue weighted by Crippen LogP contribution is 2.34. The lowest BCUT2D eigenvalue weighted by Crippen LogP contribution is -2.41. The molecule has 1 aromatic carbocycles. The van der Waals surface area contributed by atoms with Crippen molar-refractivity contribution >= 4 is 0 Å². The van der Waals surface area contributed by atoms with Gasteiger partial charge < -0.3 is 9.84 Å². The summed E-state index contributed by atoms with van der Waals surface area (Å²) in [6.45, 7) is 8.38. The monoisotopic (exact) mass is 277 g/mol. The number of piperidine rings is 1. The summed E-state index contributed by atoms with van der Waals surface area (Å²) >= 11 is 0. The number of aliphatic hydroxyl groups is 1. The average molecular weight is 277 g/mol. The first-order valence-electron chi connectivity index (χ1n) is 7.76. The summed E-state index contributed by atoms with van der Waals surface area (Å²) in [5, 5.41) is 9.58. The summed E-state index contributed by atoms with van der Waals surface area (Å²) in [6.07, 6.45) is 3.29. The van der Waals surface area contributed by atoms with Gasteiger partial charge in [-0.25, -0.2) is 0 Å². The molecule has 1 aliphatic rings. The third kappa shape index (κ3) is 3.74. The van der Waals surface area contributed by atoms with Crippen molar-refractivity contribution in [3.8, 4) is 5.75 Å². The van der Waals surface area contributed by atoms with Gasteiger partial charge >= 0.3 is 0 Å². The van der Waals surface area contributed by atoms with Crippen molar-refractivity contribution in [1.82, 2.24) is 4.90 Å². The Labute approximate surface area is 122 Å². The molecule has 0 unspecified atom stereocenters. The molecule has 3 nitrogen and oxygen atoms in total. The summed E-state index contributed by atoms with van der Waals surface area (Å²) in [7, 11) is 0. The summed E-state index contributed by atoms with van der Waals surface area (Å²) in [5.41, 5.74) is 1.48. The van der Waals surface area contributed by atoms with E-state index in [-0.39, 0.29) is 5.41 Å². The van der Waals surface area contributed by atoms with Crippen LogP contribution in [0.5, 0.6) is 5.75 Å². The number of ether oxygens (including phenoxy) is 1. The van der Waals surface area contributed by atoms with E-state index >= 15 is 0 Å². The Hall–Kier alpha value is -1.06. The summed E-state index contributed by atoms with van der Waals surface area (Å²) in [4.78, 5) is 2.48. The van der Waals surface area contributed by atoms with Crippen molar-refractivity contribution in [3.63, 3.8) is 0 Å². The van der Waals surface area contributed by atoms with E-state index in [9.17, 15) is 5.11 Å². The highest BCUT2D eigenvalue weighted by atomic mass is 16.5. The molecule has 1 fully saturated rings. The summed E-state index contributed by atoms with van der Waals surface area (Å²) in [5.74, 6) is 0.959. The Balaban J connectivity index is 1.90. The molecule has 2 rings (SSSR count).